The van der Waals surface area contributed by atoms with Crippen LogP contribution in [0.25, 0.3) is 21.7 Å². The molecule has 0 saturated heterocycles. The number of benzene rings is 2. The Labute approximate surface area is 107 Å². The van der Waals surface area contributed by atoms with E-state index in [1.165, 1.54) is 12.1 Å². The molecular weight excluding hydrogens is 250 g/mol. The molecule has 0 atom stereocenters. The highest BCUT2D eigenvalue weighted by Crippen LogP contribution is 2.27. The third-order valence-corrected chi connectivity index (χ3v) is 3.15. The summed E-state index contributed by atoms with van der Waals surface area (Å²) < 4.78 is 30.5. The van der Waals surface area contributed by atoms with Crippen LogP contribution in [0.15, 0.2) is 45.6 Å². The number of hydrogen-bond acceptors (Lipinski definition) is 2. The third kappa shape index (κ3) is 1.89. The Hall–Kier alpha value is -2.23. The minimum Gasteiger partial charge on any atom is -0.422 e. The Kier molecular flexibility index (Phi) is 2.59. The molecule has 0 radical (unpaired) electrons. The second kappa shape index (κ2) is 4.16. The van der Waals surface area contributed by atoms with Gasteiger partial charge in [-0.25, -0.2) is 13.6 Å². The molecule has 96 valence electrons. The second-order valence-electron chi connectivity index (χ2n) is 4.49. The van der Waals surface area contributed by atoms with Gasteiger partial charge in [-0.15, -0.1) is 0 Å². The van der Waals surface area contributed by atoms with Crippen molar-refractivity contribution in [3.8, 4) is 0 Å². The Bertz CT molecular complexity index is 835. The van der Waals surface area contributed by atoms with Gasteiger partial charge in [0, 0.05) is 10.9 Å². The largest absolute Gasteiger partial charge is 0.422 e. The molecule has 4 heteroatoms. The monoisotopic (exact) mass is 260 g/mol. The number of alkyl halides is 2. The number of rotatable bonds is 1. The maximum Gasteiger partial charge on any atom is 0.344 e. The Balaban J connectivity index is 2.46. The van der Waals surface area contributed by atoms with Gasteiger partial charge in [-0.05, 0) is 30.0 Å². The summed E-state index contributed by atoms with van der Waals surface area (Å²) in [6.07, 6.45) is -2.60. The van der Waals surface area contributed by atoms with Crippen LogP contribution in [-0.4, -0.2) is 0 Å². The predicted octanol–water partition coefficient (Wildman–Crippen LogP) is 4.19. The van der Waals surface area contributed by atoms with Crippen molar-refractivity contribution in [1.82, 2.24) is 0 Å². The Morgan fingerprint density at radius 3 is 2.47 bits per heavy atom. The average Bonchev–Trinajstić information content (AvgIpc) is 2.38. The van der Waals surface area contributed by atoms with Gasteiger partial charge in [0.2, 0.25) is 0 Å². The summed E-state index contributed by atoms with van der Waals surface area (Å²) >= 11 is 0. The lowest BCUT2D eigenvalue weighted by atomic mass is 10.0. The fourth-order valence-electron chi connectivity index (χ4n) is 2.19. The van der Waals surface area contributed by atoms with Crippen LogP contribution >= 0.6 is 0 Å². The van der Waals surface area contributed by atoms with Crippen LogP contribution in [0.4, 0.5) is 8.78 Å². The smallest absolute Gasteiger partial charge is 0.344 e. The predicted molar refractivity (Wildman–Crippen MR) is 69.7 cm³/mol. The minimum absolute atomic E-state index is 0.175. The lowest BCUT2D eigenvalue weighted by Crippen LogP contribution is -2.01. The van der Waals surface area contributed by atoms with E-state index in [2.05, 4.69) is 0 Å². The molecule has 0 spiro atoms. The Morgan fingerprint density at radius 2 is 1.74 bits per heavy atom. The van der Waals surface area contributed by atoms with Gasteiger partial charge in [-0.2, -0.15) is 0 Å². The van der Waals surface area contributed by atoms with Crippen LogP contribution in [-0.2, 0) is 0 Å². The second-order valence-corrected chi connectivity index (χ2v) is 4.49. The summed E-state index contributed by atoms with van der Waals surface area (Å²) in [7, 11) is 0. The number of halogens is 2. The van der Waals surface area contributed by atoms with Gasteiger partial charge in [0.25, 0.3) is 6.43 Å². The third-order valence-electron chi connectivity index (χ3n) is 3.15. The molecule has 1 heterocycles. The minimum atomic E-state index is -2.60. The first-order valence-electron chi connectivity index (χ1n) is 5.81. The van der Waals surface area contributed by atoms with E-state index in [9.17, 15) is 13.6 Å². The summed E-state index contributed by atoms with van der Waals surface area (Å²) in [5, 5.41) is 1.57. The molecular formula is C15H10F2O2. The Morgan fingerprint density at radius 1 is 1.00 bits per heavy atom. The van der Waals surface area contributed by atoms with Crippen LogP contribution in [0.3, 0.4) is 0 Å². The van der Waals surface area contributed by atoms with Gasteiger partial charge < -0.3 is 4.42 Å². The number of hydrogen-bond donors (Lipinski definition) is 0. The lowest BCUT2D eigenvalue weighted by Gasteiger charge is -2.05. The van der Waals surface area contributed by atoms with Gasteiger partial charge in [-0.1, -0.05) is 24.3 Å². The highest BCUT2D eigenvalue weighted by Gasteiger charge is 2.12. The van der Waals surface area contributed by atoms with Crippen molar-refractivity contribution in [3.63, 3.8) is 0 Å². The zero-order valence-electron chi connectivity index (χ0n) is 10.1. The average molecular weight is 260 g/mol. The number of aryl methyl sites for hydroxylation is 1. The van der Waals surface area contributed by atoms with Crippen LogP contribution in [0.2, 0.25) is 0 Å². The topological polar surface area (TPSA) is 30.2 Å². The molecule has 0 aliphatic carbocycles. The molecule has 0 fully saturated rings. The zero-order valence-corrected chi connectivity index (χ0v) is 10.1. The maximum atomic E-state index is 12.7. The first kappa shape index (κ1) is 11.8. The molecule has 0 saturated carbocycles. The van der Waals surface area contributed by atoms with E-state index in [4.69, 9.17) is 4.42 Å². The summed E-state index contributed by atoms with van der Waals surface area (Å²) in [6, 6.07) is 9.57. The van der Waals surface area contributed by atoms with Crippen molar-refractivity contribution in [3.05, 3.63) is 57.9 Å². The lowest BCUT2D eigenvalue weighted by molar-refractivity contribution is 0.151. The van der Waals surface area contributed by atoms with Crippen LogP contribution in [0.5, 0.6) is 0 Å². The van der Waals surface area contributed by atoms with E-state index in [0.717, 1.165) is 10.9 Å². The van der Waals surface area contributed by atoms with Crippen molar-refractivity contribution >= 4 is 21.7 Å². The molecule has 0 unspecified atom stereocenters. The van der Waals surface area contributed by atoms with E-state index in [-0.39, 0.29) is 10.9 Å². The van der Waals surface area contributed by atoms with E-state index < -0.39 is 12.1 Å². The summed E-state index contributed by atoms with van der Waals surface area (Å²) in [4.78, 5) is 11.9. The fourth-order valence-corrected chi connectivity index (χ4v) is 2.19. The van der Waals surface area contributed by atoms with E-state index in [0.29, 0.717) is 11.0 Å². The van der Waals surface area contributed by atoms with Crippen molar-refractivity contribution in [2.24, 2.45) is 0 Å². The summed E-state index contributed by atoms with van der Waals surface area (Å²) in [5.41, 5.74) is 0.684. The van der Waals surface area contributed by atoms with Gasteiger partial charge in [0.15, 0.2) is 0 Å². The normalized spacial score (nSPS) is 11.6. The van der Waals surface area contributed by atoms with Crippen molar-refractivity contribution in [2.75, 3.05) is 0 Å². The zero-order chi connectivity index (χ0) is 13.6. The summed E-state index contributed by atoms with van der Waals surface area (Å²) in [5.74, 6) is 0. The molecule has 0 bridgehead atoms. The van der Waals surface area contributed by atoms with Crippen molar-refractivity contribution in [2.45, 2.75) is 13.3 Å². The molecule has 0 aliphatic rings. The standard InChI is InChI=1S/C15H10F2O2/c1-8-2-4-11-10-5-3-9(14(16)17)7-12(10)15(18)19-13(11)6-8/h2-7,14H,1H3. The maximum absolute atomic E-state index is 12.7. The molecule has 2 nitrogen and oxygen atoms in total. The highest BCUT2D eigenvalue weighted by molar-refractivity contribution is 6.04. The van der Waals surface area contributed by atoms with Crippen LogP contribution < -0.4 is 5.63 Å². The molecule has 1 aromatic heterocycles. The SMILES string of the molecule is Cc1ccc2c(c1)oc(=O)c1cc(C(F)F)ccc12. The van der Waals surface area contributed by atoms with Gasteiger partial charge >= 0.3 is 5.63 Å². The van der Waals surface area contributed by atoms with E-state index >= 15 is 0 Å². The fraction of sp³-hybridized carbons (Fsp3) is 0.133. The molecule has 0 N–H and O–H groups in total. The molecule has 0 aliphatic heterocycles. The van der Waals surface area contributed by atoms with Gasteiger partial charge in [0.05, 0.1) is 5.39 Å². The van der Waals surface area contributed by atoms with E-state index in [1.807, 2.05) is 19.1 Å². The highest BCUT2D eigenvalue weighted by atomic mass is 19.3. The van der Waals surface area contributed by atoms with Crippen molar-refractivity contribution in [1.29, 1.82) is 0 Å². The molecule has 19 heavy (non-hydrogen) atoms. The molecule has 2 aromatic carbocycles. The molecule has 3 rings (SSSR count). The first-order chi connectivity index (χ1) is 9.06. The first-order valence-corrected chi connectivity index (χ1v) is 5.81. The van der Waals surface area contributed by atoms with Crippen molar-refractivity contribution < 1.29 is 13.2 Å². The van der Waals surface area contributed by atoms with Crippen LogP contribution in [0, 0.1) is 6.92 Å². The van der Waals surface area contributed by atoms with E-state index in [1.54, 1.807) is 12.1 Å². The van der Waals surface area contributed by atoms with Gasteiger partial charge in [-0.3, -0.25) is 0 Å². The van der Waals surface area contributed by atoms with Crippen LogP contribution in [0.1, 0.15) is 17.6 Å². The molecule has 3 aromatic rings. The quantitative estimate of drug-likeness (QED) is 0.485. The number of fused-ring (bicyclic) bond motifs is 3. The molecule has 0 amide bonds. The summed E-state index contributed by atoms with van der Waals surface area (Å²) in [6.45, 7) is 1.89. The van der Waals surface area contributed by atoms with Gasteiger partial charge in [0.1, 0.15) is 5.58 Å².